The highest BCUT2D eigenvalue weighted by molar-refractivity contribution is 7.98. The van der Waals surface area contributed by atoms with Crippen molar-refractivity contribution >= 4 is 24.2 Å². The van der Waals surface area contributed by atoms with Gasteiger partial charge in [0, 0.05) is 25.5 Å². The van der Waals surface area contributed by atoms with Gasteiger partial charge >= 0.3 is 0 Å². The second-order valence-corrected chi connectivity index (χ2v) is 5.72. The summed E-state index contributed by atoms with van der Waals surface area (Å²) in [5.74, 6) is 0.776. The number of nitrogens with zero attached hydrogens (tertiary/aromatic N) is 3. The first-order valence-corrected chi connectivity index (χ1v) is 7.75. The Balaban J connectivity index is 0.00000180. The van der Waals surface area contributed by atoms with Crippen molar-refractivity contribution in [1.82, 2.24) is 20.2 Å². The number of hydrogen-bond donors (Lipinski definition) is 1. The summed E-state index contributed by atoms with van der Waals surface area (Å²) in [6.45, 7) is 4.36. The molecular formula is C13H23ClN4S. The van der Waals surface area contributed by atoms with Crippen LogP contribution in [0, 0.1) is 5.92 Å². The SMILES string of the molecule is CSc1nccnc1CN(C)CC1CCCNC1.Cl. The van der Waals surface area contributed by atoms with Crippen LogP contribution in [0.1, 0.15) is 18.5 Å². The molecule has 0 radical (unpaired) electrons. The minimum atomic E-state index is 0. The zero-order valence-electron chi connectivity index (χ0n) is 11.6. The molecule has 0 bridgehead atoms. The molecule has 1 aliphatic rings. The zero-order valence-corrected chi connectivity index (χ0v) is 13.3. The first-order chi connectivity index (χ1) is 8.79. The summed E-state index contributed by atoms with van der Waals surface area (Å²) < 4.78 is 0. The first kappa shape index (κ1) is 16.7. The molecule has 2 rings (SSSR count). The molecule has 108 valence electrons. The molecule has 1 fully saturated rings. The summed E-state index contributed by atoms with van der Waals surface area (Å²) >= 11 is 1.67. The number of hydrogen-bond acceptors (Lipinski definition) is 5. The van der Waals surface area contributed by atoms with Gasteiger partial charge in [-0.3, -0.25) is 4.98 Å². The number of nitrogens with one attached hydrogen (secondary N) is 1. The van der Waals surface area contributed by atoms with Crippen LogP contribution in [0.3, 0.4) is 0 Å². The summed E-state index contributed by atoms with van der Waals surface area (Å²) in [4.78, 5) is 11.2. The second kappa shape index (κ2) is 8.74. The molecule has 1 N–H and O–H groups in total. The van der Waals surface area contributed by atoms with Crippen LogP contribution in [0.15, 0.2) is 17.4 Å². The van der Waals surface area contributed by atoms with Crippen molar-refractivity contribution in [2.24, 2.45) is 5.92 Å². The number of piperidine rings is 1. The smallest absolute Gasteiger partial charge is 0.119 e. The third-order valence-corrected chi connectivity index (χ3v) is 4.05. The summed E-state index contributed by atoms with van der Waals surface area (Å²) in [6, 6.07) is 0. The Bertz CT molecular complexity index is 371. The molecule has 19 heavy (non-hydrogen) atoms. The maximum absolute atomic E-state index is 4.44. The van der Waals surface area contributed by atoms with Gasteiger partial charge in [0.1, 0.15) is 5.03 Å². The van der Waals surface area contributed by atoms with Gasteiger partial charge in [-0.15, -0.1) is 24.2 Å². The fourth-order valence-electron chi connectivity index (χ4n) is 2.47. The number of halogens is 1. The van der Waals surface area contributed by atoms with Crippen molar-refractivity contribution < 1.29 is 0 Å². The lowest BCUT2D eigenvalue weighted by atomic mass is 9.99. The van der Waals surface area contributed by atoms with E-state index >= 15 is 0 Å². The number of aromatic nitrogens is 2. The van der Waals surface area contributed by atoms with Gasteiger partial charge < -0.3 is 10.2 Å². The van der Waals surface area contributed by atoms with Crippen LogP contribution in [0.25, 0.3) is 0 Å². The Morgan fingerprint density at radius 1 is 1.42 bits per heavy atom. The molecule has 1 aromatic rings. The van der Waals surface area contributed by atoms with Gasteiger partial charge in [-0.1, -0.05) is 0 Å². The van der Waals surface area contributed by atoms with Gasteiger partial charge in [0.2, 0.25) is 0 Å². The largest absolute Gasteiger partial charge is 0.316 e. The van der Waals surface area contributed by atoms with Crippen LogP contribution in [0.5, 0.6) is 0 Å². The van der Waals surface area contributed by atoms with E-state index in [9.17, 15) is 0 Å². The molecule has 2 heterocycles. The molecule has 1 aliphatic heterocycles. The summed E-state index contributed by atoms with van der Waals surface area (Å²) in [7, 11) is 2.17. The predicted molar refractivity (Wildman–Crippen MR) is 83.0 cm³/mol. The van der Waals surface area contributed by atoms with Gasteiger partial charge in [0.15, 0.2) is 0 Å². The zero-order chi connectivity index (χ0) is 12.8. The standard InChI is InChI=1S/C13H22N4S.ClH/c1-17(9-11-4-3-5-14-8-11)10-12-13(18-2)16-7-6-15-12;/h6-7,11,14H,3-5,8-10H2,1-2H3;1H. The van der Waals surface area contributed by atoms with Crippen LogP contribution < -0.4 is 5.32 Å². The molecule has 1 unspecified atom stereocenters. The molecular weight excluding hydrogens is 280 g/mol. The topological polar surface area (TPSA) is 41.1 Å². The fraction of sp³-hybridized carbons (Fsp3) is 0.692. The van der Waals surface area contributed by atoms with E-state index in [4.69, 9.17) is 0 Å². The molecule has 6 heteroatoms. The van der Waals surface area contributed by atoms with Crippen molar-refractivity contribution in [3.05, 3.63) is 18.1 Å². The van der Waals surface area contributed by atoms with E-state index in [1.165, 1.54) is 19.4 Å². The molecule has 1 aromatic heterocycles. The van der Waals surface area contributed by atoms with Crippen LogP contribution in [0.4, 0.5) is 0 Å². The van der Waals surface area contributed by atoms with Crippen molar-refractivity contribution in [1.29, 1.82) is 0 Å². The van der Waals surface area contributed by atoms with Crippen LogP contribution >= 0.6 is 24.2 Å². The molecule has 4 nitrogen and oxygen atoms in total. The van der Waals surface area contributed by atoms with Crippen LogP contribution in [-0.4, -0.2) is 47.8 Å². The minimum absolute atomic E-state index is 0. The molecule has 1 saturated heterocycles. The Morgan fingerprint density at radius 3 is 2.89 bits per heavy atom. The summed E-state index contributed by atoms with van der Waals surface area (Å²) in [6.07, 6.45) is 8.25. The van der Waals surface area contributed by atoms with Gasteiger partial charge in [0.05, 0.1) is 5.69 Å². The Hall–Kier alpha value is -0.360. The summed E-state index contributed by atoms with van der Waals surface area (Å²) in [5, 5.41) is 4.52. The van der Waals surface area contributed by atoms with E-state index in [0.29, 0.717) is 0 Å². The third kappa shape index (κ3) is 5.26. The molecule has 0 saturated carbocycles. The average molecular weight is 303 g/mol. The van der Waals surface area contributed by atoms with E-state index < -0.39 is 0 Å². The highest BCUT2D eigenvalue weighted by Gasteiger charge is 2.16. The molecule has 0 aliphatic carbocycles. The molecule has 0 aromatic carbocycles. The first-order valence-electron chi connectivity index (χ1n) is 6.52. The Kier molecular flexibility index (Phi) is 7.68. The molecule has 1 atom stereocenters. The van der Waals surface area contributed by atoms with Crippen LogP contribution in [0.2, 0.25) is 0 Å². The average Bonchev–Trinajstić information content (AvgIpc) is 2.40. The normalized spacial score (nSPS) is 19.2. The molecule has 0 spiro atoms. The van der Waals surface area contributed by atoms with E-state index in [1.807, 2.05) is 0 Å². The quantitative estimate of drug-likeness (QED) is 0.843. The van der Waals surface area contributed by atoms with E-state index in [-0.39, 0.29) is 12.4 Å². The predicted octanol–water partition coefficient (Wildman–Crippen LogP) is 2.05. The molecule has 0 amide bonds. The number of rotatable bonds is 5. The summed E-state index contributed by atoms with van der Waals surface area (Å²) in [5.41, 5.74) is 1.09. The van der Waals surface area contributed by atoms with Crippen LogP contribution in [-0.2, 0) is 6.54 Å². The van der Waals surface area contributed by atoms with Crippen molar-refractivity contribution in [3.63, 3.8) is 0 Å². The maximum Gasteiger partial charge on any atom is 0.119 e. The highest BCUT2D eigenvalue weighted by atomic mass is 35.5. The second-order valence-electron chi connectivity index (χ2n) is 4.92. The lowest BCUT2D eigenvalue weighted by molar-refractivity contribution is 0.234. The van der Waals surface area contributed by atoms with Gasteiger partial charge in [-0.05, 0) is 45.2 Å². The van der Waals surface area contributed by atoms with Crippen molar-refractivity contribution in [2.75, 3.05) is 32.9 Å². The fourth-order valence-corrected chi connectivity index (χ4v) is 2.99. The lowest BCUT2D eigenvalue weighted by Gasteiger charge is -2.27. The number of thioether (sulfide) groups is 1. The van der Waals surface area contributed by atoms with Gasteiger partial charge in [-0.2, -0.15) is 0 Å². The Labute approximate surface area is 126 Å². The van der Waals surface area contributed by atoms with E-state index in [0.717, 1.165) is 36.3 Å². The van der Waals surface area contributed by atoms with Gasteiger partial charge in [0.25, 0.3) is 0 Å². The Morgan fingerprint density at radius 2 is 2.21 bits per heavy atom. The van der Waals surface area contributed by atoms with Crippen molar-refractivity contribution in [2.45, 2.75) is 24.4 Å². The highest BCUT2D eigenvalue weighted by Crippen LogP contribution is 2.17. The van der Waals surface area contributed by atoms with E-state index in [2.05, 4.69) is 33.5 Å². The third-order valence-electron chi connectivity index (χ3n) is 3.32. The van der Waals surface area contributed by atoms with Gasteiger partial charge in [-0.25, -0.2) is 4.98 Å². The lowest BCUT2D eigenvalue weighted by Crippen LogP contribution is -2.36. The maximum atomic E-state index is 4.44. The van der Waals surface area contributed by atoms with E-state index in [1.54, 1.807) is 24.2 Å². The monoisotopic (exact) mass is 302 g/mol. The van der Waals surface area contributed by atoms with Crippen molar-refractivity contribution in [3.8, 4) is 0 Å². The minimum Gasteiger partial charge on any atom is -0.316 e.